The van der Waals surface area contributed by atoms with Crippen LogP contribution in [0.2, 0.25) is 0 Å². The molecule has 1 aliphatic rings. The molecule has 84 valence electrons. The Labute approximate surface area is 95.2 Å². The van der Waals surface area contributed by atoms with Crippen molar-refractivity contribution in [1.82, 2.24) is 9.78 Å². The third-order valence-electron chi connectivity index (χ3n) is 3.70. The molecule has 3 rings (SSSR count). The van der Waals surface area contributed by atoms with Gasteiger partial charge in [-0.15, -0.1) is 0 Å². The van der Waals surface area contributed by atoms with Crippen LogP contribution in [0.3, 0.4) is 0 Å². The second-order valence-electron chi connectivity index (χ2n) is 4.98. The number of nitrogens with two attached hydrogens (primary N) is 1. The highest BCUT2D eigenvalue weighted by Gasteiger charge is 2.33. The molecule has 1 saturated carbocycles. The summed E-state index contributed by atoms with van der Waals surface area (Å²) in [5.74, 6) is 0. The lowest BCUT2D eigenvalue weighted by Crippen LogP contribution is -2.48. The number of hydrogen-bond donors (Lipinski definition) is 1. The molecule has 0 saturated heterocycles. The minimum atomic E-state index is 0.0110. The summed E-state index contributed by atoms with van der Waals surface area (Å²) in [4.78, 5) is 0. The van der Waals surface area contributed by atoms with Crippen LogP contribution < -0.4 is 5.73 Å². The van der Waals surface area contributed by atoms with Gasteiger partial charge in [0.15, 0.2) is 0 Å². The van der Waals surface area contributed by atoms with Crippen LogP contribution in [0.25, 0.3) is 10.9 Å². The first kappa shape index (κ1) is 9.85. The molecule has 0 aliphatic heterocycles. The van der Waals surface area contributed by atoms with Gasteiger partial charge in [0, 0.05) is 24.4 Å². The molecule has 0 radical (unpaired) electrons. The Hall–Kier alpha value is -1.35. The Kier molecular flexibility index (Phi) is 2.04. The summed E-state index contributed by atoms with van der Waals surface area (Å²) < 4.78 is 1.95. The minimum absolute atomic E-state index is 0.0110. The van der Waals surface area contributed by atoms with Gasteiger partial charge in [0.05, 0.1) is 11.2 Å². The number of aromatic nitrogens is 2. The molecule has 16 heavy (non-hydrogen) atoms. The Bertz CT molecular complexity index is 523. The molecule has 1 fully saturated rings. The van der Waals surface area contributed by atoms with E-state index >= 15 is 0 Å². The minimum Gasteiger partial charge on any atom is -0.325 e. The van der Waals surface area contributed by atoms with Gasteiger partial charge >= 0.3 is 0 Å². The van der Waals surface area contributed by atoms with E-state index in [0.29, 0.717) is 0 Å². The van der Waals surface area contributed by atoms with Crippen LogP contribution in [0.5, 0.6) is 0 Å². The molecule has 0 atom stereocenters. The predicted molar refractivity (Wildman–Crippen MR) is 65.2 cm³/mol. The summed E-state index contributed by atoms with van der Waals surface area (Å²) in [6, 6.07) is 8.36. The van der Waals surface area contributed by atoms with E-state index in [-0.39, 0.29) is 5.54 Å². The SMILES string of the molecule is Cn1nc(CC2(N)CCC2)c2ccccc21. The van der Waals surface area contributed by atoms with E-state index in [2.05, 4.69) is 29.4 Å². The monoisotopic (exact) mass is 215 g/mol. The summed E-state index contributed by atoms with van der Waals surface area (Å²) in [6.45, 7) is 0. The molecule has 1 aliphatic carbocycles. The van der Waals surface area contributed by atoms with Gasteiger partial charge in [-0.25, -0.2) is 0 Å². The molecular weight excluding hydrogens is 198 g/mol. The second kappa shape index (κ2) is 3.32. The number of rotatable bonds is 2. The number of hydrogen-bond acceptors (Lipinski definition) is 2. The highest BCUT2D eigenvalue weighted by atomic mass is 15.3. The lowest BCUT2D eigenvalue weighted by atomic mass is 9.74. The first-order valence-electron chi connectivity index (χ1n) is 5.87. The molecule has 1 aromatic carbocycles. The van der Waals surface area contributed by atoms with Crippen LogP contribution >= 0.6 is 0 Å². The highest BCUT2D eigenvalue weighted by Crippen LogP contribution is 2.33. The lowest BCUT2D eigenvalue weighted by molar-refractivity contribution is 0.245. The van der Waals surface area contributed by atoms with Crippen LogP contribution in [-0.2, 0) is 13.5 Å². The van der Waals surface area contributed by atoms with Crippen LogP contribution in [0.1, 0.15) is 25.0 Å². The smallest absolute Gasteiger partial charge is 0.0721 e. The molecule has 1 aromatic heterocycles. The van der Waals surface area contributed by atoms with Gasteiger partial charge in [-0.3, -0.25) is 4.68 Å². The van der Waals surface area contributed by atoms with Crippen LogP contribution in [0.15, 0.2) is 24.3 Å². The molecule has 0 amide bonds. The van der Waals surface area contributed by atoms with E-state index in [4.69, 9.17) is 5.73 Å². The lowest BCUT2D eigenvalue weighted by Gasteiger charge is -2.37. The fourth-order valence-corrected chi connectivity index (χ4v) is 2.56. The maximum absolute atomic E-state index is 6.29. The number of fused-ring (bicyclic) bond motifs is 1. The van der Waals surface area contributed by atoms with Gasteiger partial charge in [-0.05, 0) is 25.3 Å². The van der Waals surface area contributed by atoms with E-state index in [0.717, 1.165) is 25.0 Å². The van der Waals surface area contributed by atoms with Gasteiger partial charge in [0.2, 0.25) is 0 Å². The van der Waals surface area contributed by atoms with E-state index in [1.807, 2.05) is 11.7 Å². The Balaban J connectivity index is 2.03. The number of nitrogens with zero attached hydrogens (tertiary/aromatic N) is 2. The number of aryl methyl sites for hydroxylation is 1. The second-order valence-corrected chi connectivity index (χ2v) is 4.98. The fourth-order valence-electron chi connectivity index (χ4n) is 2.56. The summed E-state index contributed by atoms with van der Waals surface area (Å²) in [6.07, 6.45) is 4.45. The first-order chi connectivity index (χ1) is 7.68. The van der Waals surface area contributed by atoms with Crippen LogP contribution in [-0.4, -0.2) is 15.3 Å². The van der Waals surface area contributed by atoms with Crippen molar-refractivity contribution in [3.8, 4) is 0 Å². The Morgan fingerprint density at radius 3 is 2.81 bits per heavy atom. The zero-order valence-electron chi connectivity index (χ0n) is 9.61. The summed E-state index contributed by atoms with van der Waals surface area (Å²) >= 11 is 0. The predicted octanol–water partition coefficient (Wildman–Crippen LogP) is 2.00. The topological polar surface area (TPSA) is 43.8 Å². The zero-order chi connectivity index (χ0) is 11.2. The van der Waals surface area contributed by atoms with Gasteiger partial charge in [0.1, 0.15) is 0 Å². The highest BCUT2D eigenvalue weighted by molar-refractivity contribution is 5.82. The van der Waals surface area contributed by atoms with Crippen molar-refractivity contribution in [2.75, 3.05) is 0 Å². The standard InChI is InChI=1S/C13H17N3/c1-16-12-6-3-2-5-10(12)11(15-16)9-13(14)7-4-8-13/h2-3,5-6H,4,7-9,14H2,1H3. The third kappa shape index (κ3) is 1.43. The number of para-hydroxylation sites is 1. The normalized spacial score (nSPS) is 18.6. The van der Waals surface area contributed by atoms with Crippen molar-refractivity contribution < 1.29 is 0 Å². The maximum Gasteiger partial charge on any atom is 0.0721 e. The molecule has 2 aromatic rings. The molecule has 2 N–H and O–H groups in total. The van der Waals surface area contributed by atoms with Gasteiger partial charge in [-0.1, -0.05) is 18.2 Å². The molecule has 0 unspecified atom stereocenters. The molecule has 0 bridgehead atoms. The van der Waals surface area contributed by atoms with Crippen molar-refractivity contribution in [2.45, 2.75) is 31.2 Å². The van der Waals surface area contributed by atoms with Crippen molar-refractivity contribution in [1.29, 1.82) is 0 Å². The van der Waals surface area contributed by atoms with Gasteiger partial charge in [-0.2, -0.15) is 5.10 Å². The van der Waals surface area contributed by atoms with Crippen molar-refractivity contribution in [2.24, 2.45) is 12.8 Å². The molecule has 3 heteroatoms. The van der Waals surface area contributed by atoms with Crippen molar-refractivity contribution >= 4 is 10.9 Å². The molecule has 1 heterocycles. The van der Waals surface area contributed by atoms with E-state index < -0.39 is 0 Å². The Morgan fingerprint density at radius 2 is 2.12 bits per heavy atom. The van der Waals surface area contributed by atoms with Gasteiger partial charge < -0.3 is 5.73 Å². The van der Waals surface area contributed by atoms with E-state index in [1.54, 1.807) is 0 Å². The molecule has 3 nitrogen and oxygen atoms in total. The molecule has 0 spiro atoms. The summed E-state index contributed by atoms with van der Waals surface area (Å²) in [5, 5.41) is 5.85. The van der Waals surface area contributed by atoms with E-state index in [9.17, 15) is 0 Å². The number of benzene rings is 1. The summed E-state index contributed by atoms with van der Waals surface area (Å²) in [7, 11) is 2.00. The third-order valence-corrected chi connectivity index (χ3v) is 3.70. The van der Waals surface area contributed by atoms with Crippen molar-refractivity contribution in [3.05, 3.63) is 30.0 Å². The quantitative estimate of drug-likeness (QED) is 0.832. The maximum atomic E-state index is 6.29. The average Bonchev–Trinajstić information content (AvgIpc) is 2.55. The zero-order valence-corrected chi connectivity index (χ0v) is 9.61. The average molecular weight is 215 g/mol. The first-order valence-corrected chi connectivity index (χ1v) is 5.87. The van der Waals surface area contributed by atoms with Crippen LogP contribution in [0, 0.1) is 0 Å². The van der Waals surface area contributed by atoms with Crippen LogP contribution in [0.4, 0.5) is 0 Å². The summed E-state index contributed by atoms with van der Waals surface area (Å²) in [5.41, 5.74) is 8.64. The fraction of sp³-hybridized carbons (Fsp3) is 0.462. The van der Waals surface area contributed by atoms with Gasteiger partial charge in [0.25, 0.3) is 0 Å². The Morgan fingerprint density at radius 1 is 1.38 bits per heavy atom. The molecular formula is C13H17N3. The van der Waals surface area contributed by atoms with Crippen molar-refractivity contribution in [3.63, 3.8) is 0 Å². The van der Waals surface area contributed by atoms with E-state index in [1.165, 1.54) is 17.3 Å². The largest absolute Gasteiger partial charge is 0.325 e.